The Morgan fingerprint density at radius 2 is 1.32 bits per heavy atom. The van der Waals surface area contributed by atoms with Crippen LogP contribution in [0.3, 0.4) is 0 Å². The van der Waals surface area contributed by atoms with E-state index >= 15 is 0 Å². The Labute approximate surface area is 202 Å². The van der Waals surface area contributed by atoms with Gasteiger partial charge in [-0.2, -0.15) is 0 Å². The van der Waals surface area contributed by atoms with Crippen LogP contribution < -0.4 is 14.4 Å². The quantitative estimate of drug-likeness (QED) is 0.454. The number of sulfonamides is 1. The summed E-state index contributed by atoms with van der Waals surface area (Å²) in [5.41, 5.74) is 5.45. The third-order valence-corrected chi connectivity index (χ3v) is 7.07. The summed E-state index contributed by atoms with van der Waals surface area (Å²) in [4.78, 5) is 12.9. The molecule has 0 aliphatic rings. The molecule has 34 heavy (non-hydrogen) atoms. The smallest absolute Gasteiger partial charge is 0.264 e. The highest BCUT2D eigenvalue weighted by Crippen LogP contribution is 2.26. The topological polar surface area (TPSA) is 75.7 Å². The lowest BCUT2D eigenvalue weighted by Crippen LogP contribution is -2.42. The molecule has 180 valence electrons. The van der Waals surface area contributed by atoms with Crippen molar-refractivity contribution < 1.29 is 17.9 Å². The van der Waals surface area contributed by atoms with Crippen molar-refractivity contribution in [3.8, 4) is 5.75 Å². The second-order valence-corrected chi connectivity index (χ2v) is 10.6. The van der Waals surface area contributed by atoms with Gasteiger partial charge in [0.25, 0.3) is 10.0 Å². The second-order valence-electron chi connectivity index (χ2n) is 8.69. The molecule has 0 unspecified atom stereocenters. The molecule has 3 aromatic rings. The van der Waals surface area contributed by atoms with E-state index < -0.39 is 15.9 Å². The molecule has 0 radical (unpaired) electrons. The zero-order valence-corrected chi connectivity index (χ0v) is 21.2. The maximum Gasteiger partial charge on any atom is 0.264 e. The number of amides is 1. The number of benzene rings is 3. The molecule has 0 heterocycles. The van der Waals surface area contributed by atoms with Crippen LogP contribution in [0.15, 0.2) is 65.6 Å². The predicted octanol–water partition coefficient (Wildman–Crippen LogP) is 4.62. The van der Waals surface area contributed by atoms with Crippen LogP contribution in [0.1, 0.15) is 27.8 Å². The first-order valence-corrected chi connectivity index (χ1v) is 12.6. The van der Waals surface area contributed by atoms with Crippen molar-refractivity contribution in [2.45, 2.75) is 39.5 Å². The van der Waals surface area contributed by atoms with Gasteiger partial charge in [-0.25, -0.2) is 8.42 Å². The van der Waals surface area contributed by atoms with Gasteiger partial charge in [0.2, 0.25) is 5.91 Å². The highest BCUT2D eigenvalue weighted by Gasteiger charge is 2.27. The highest BCUT2D eigenvalue weighted by molar-refractivity contribution is 7.92. The summed E-state index contributed by atoms with van der Waals surface area (Å²) < 4.78 is 33.9. The number of ether oxygens (including phenoxy) is 1. The number of nitrogens with zero attached hydrogens (tertiary/aromatic N) is 1. The maximum atomic E-state index is 13.5. The van der Waals surface area contributed by atoms with Crippen LogP contribution in [-0.2, 0) is 14.8 Å². The van der Waals surface area contributed by atoms with E-state index in [0.29, 0.717) is 5.69 Å². The normalized spacial score (nSPS) is 11.2. The third kappa shape index (κ3) is 6.60. The fourth-order valence-corrected chi connectivity index (χ4v) is 5.21. The highest BCUT2D eigenvalue weighted by atomic mass is 32.2. The first-order chi connectivity index (χ1) is 16.0. The van der Waals surface area contributed by atoms with Crippen molar-refractivity contribution in [2.75, 3.05) is 24.0 Å². The van der Waals surface area contributed by atoms with E-state index in [0.717, 1.165) is 37.9 Å². The van der Waals surface area contributed by atoms with Crippen molar-refractivity contribution in [1.29, 1.82) is 0 Å². The summed E-state index contributed by atoms with van der Waals surface area (Å²) >= 11 is 0. The number of anilines is 1. The Kier molecular flexibility index (Phi) is 7.99. The molecule has 0 fully saturated rings. The minimum absolute atomic E-state index is 0.142. The number of hydrogen-bond acceptors (Lipinski definition) is 4. The summed E-state index contributed by atoms with van der Waals surface area (Å²) in [5.74, 6) is 0.337. The van der Waals surface area contributed by atoms with Gasteiger partial charge in [-0.3, -0.25) is 9.10 Å². The number of rotatable bonds is 9. The molecule has 0 aliphatic carbocycles. The summed E-state index contributed by atoms with van der Waals surface area (Å²) in [6.45, 7) is 9.90. The number of hydrogen-bond donors (Lipinski definition) is 1. The monoisotopic (exact) mass is 480 g/mol. The summed E-state index contributed by atoms with van der Waals surface area (Å²) in [6.07, 6.45) is 0. The molecule has 0 saturated carbocycles. The molecular formula is C27H32N2O4S. The van der Waals surface area contributed by atoms with Gasteiger partial charge in [0.1, 0.15) is 18.9 Å². The van der Waals surface area contributed by atoms with Crippen molar-refractivity contribution in [3.63, 3.8) is 0 Å². The van der Waals surface area contributed by atoms with Gasteiger partial charge in [-0.1, -0.05) is 29.8 Å². The minimum Gasteiger partial charge on any atom is -0.492 e. The van der Waals surface area contributed by atoms with Crippen molar-refractivity contribution >= 4 is 21.6 Å². The molecule has 0 saturated heterocycles. The molecule has 7 heteroatoms. The Morgan fingerprint density at radius 1 is 0.794 bits per heavy atom. The van der Waals surface area contributed by atoms with E-state index in [1.165, 1.54) is 0 Å². The third-order valence-electron chi connectivity index (χ3n) is 5.28. The fourth-order valence-electron chi connectivity index (χ4n) is 3.81. The van der Waals surface area contributed by atoms with Crippen LogP contribution in [0, 0.1) is 34.6 Å². The van der Waals surface area contributed by atoms with Gasteiger partial charge in [0.15, 0.2) is 0 Å². The summed E-state index contributed by atoms with van der Waals surface area (Å²) in [5, 5.41) is 2.77. The van der Waals surface area contributed by atoms with Gasteiger partial charge in [-0.15, -0.1) is 0 Å². The van der Waals surface area contributed by atoms with Crippen LogP contribution in [0.2, 0.25) is 0 Å². The van der Waals surface area contributed by atoms with Crippen LogP contribution in [0.4, 0.5) is 5.69 Å². The van der Waals surface area contributed by atoms with Gasteiger partial charge >= 0.3 is 0 Å². The Balaban J connectivity index is 1.74. The number of nitrogens with one attached hydrogen (secondary N) is 1. The van der Waals surface area contributed by atoms with Crippen molar-refractivity contribution in [2.24, 2.45) is 0 Å². The molecule has 0 atom stereocenters. The zero-order chi connectivity index (χ0) is 24.9. The average Bonchev–Trinajstić information content (AvgIpc) is 2.74. The molecule has 3 aromatic carbocycles. The van der Waals surface area contributed by atoms with Crippen LogP contribution in [0.5, 0.6) is 5.75 Å². The molecule has 1 amide bonds. The SMILES string of the molecule is Cc1ccc(S(=O)(=O)N(CC(=O)NCCOc2cc(C)cc(C)c2)c2cc(C)cc(C)c2)cc1. The molecule has 6 nitrogen and oxygen atoms in total. The standard InChI is InChI=1S/C27H32N2O4S/c1-19-6-8-26(9-7-19)34(31,32)29(24-14-20(2)12-21(3)15-24)18-27(30)28-10-11-33-25-16-22(4)13-23(5)17-25/h6-9,12-17H,10-11,18H2,1-5H3,(H,28,30). The lowest BCUT2D eigenvalue weighted by atomic mass is 10.1. The van der Waals surface area contributed by atoms with E-state index in [1.807, 2.05) is 52.8 Å². The number of carbonyl (C=O) groups excluding carboxylic acids is 1. The first kappa shape index (κ1) is 25.3. The Morgan fingerprint density at radius 3 is 1.88 bits per heavy atom. The summed E-state index contributed by atoms with van der Waals surface area (Å²) in [6, 6.07) is 18.1. The van der Waals surface area contributed by atoms with E-state index in [-0.39, 0.29) is 24.6 Å². The van der Waals surface area contributed by atoms with Crippen molar-refractivity contribution in [3.05, 3.63) is 88.5 Å². The Hall–Kier alpha value is -3.32. The predicted molar refractivity (Wildman–Crippen MR) is 136 cm³/mol. The van der Waals surface area contributed by atoms with E-state index in [4.69, 9.17) is 4.74 Å². The second kappa shape index (κ2) is 10.7. The van der Waals surface area contributed by atoms with Crippen LogP contribution in [-0.4, -0.2) is 34.0 Å². The van der Waals surface area contributed by atoms with Crippen LogP contribution in [0.25, 0.3) is 0 Å². The molecule has 3 rings (SSSR count). The molecule has 1 N–H and O–H groups in total. The summed E-state index contributed by atoms with van der Waals surface area (Å²) in [7, 11) is -3.94. The van der Waals surface area contributed by atoms with Crippen LogP contribution >= 0.6 is 0 Å². The van der Waals surface area contributed by atoms with Gasteiger partial charge < -0.3 is 10.1 Å². The number of carbonyl (C=O) groups is 1. The molecule has 0 aliphatic heterocycles. The van der Waals surface area contributed by atoms with Crippen molar-refractivity contribution in [1.82, 2.24) is 5.32 Å². The molecular weight excluding hydrogens is 448 g/mol. The zero-order valence-electron chi connectivity index (χ0n) is 20.4. The number of aryl methyl sites for hydroxylation is 5. The molecule has 0 bridgehead atoms. The molecule has 0 spiro atoms. The fraction of sp³-hybridized carbons (Fsp3) is 0.296. The lowest BCUT2D eigenvalue weighted by Gasteiger charge is -2.25. The van der Waals surface area contributed by atoms with Gasteiger partial charge in [0.05, 0.1) is 17.1 Å². The first-order valence-electron chi connectivity index (χ1n) is 11.2. The Bertz CT molecular complexity index is 1230. The largest absolute Gasteiger partial charge is 0.492 e. The average molecular weight is 481 g/mol. The minimum atomic E-state index is -3.94. The van der Waals surface area contributed by atoms with Gasteiger partial charge in [-0.05, 0) is 93.3 Å². The maximum absolute atomic E-state index is 13.5. The van der Waals surface area contributed by atoms with E-state index in [1.54, 1.807) is 36.4 Å². The van der Waals surface area contributed by atoms with Gasteiger partial charge in [0, 0.05) is 0 Å². The lowest BCUT2D eigenvalue weighted by molar-refractivity contribution is -0.119. The molecule has 0 aromatic heterocycles. The van der Waals surface area contributed by atoms with E-state index in [2.05, 4.69) is 11.4 Å². The van der Waals surface area contributed by atoms with E-state index in [9.17, 15) is 13.2 Å².